The van der Waals surface area contributed by atoms with Crippen molar-refractivity contribution in [3.8, 4) is 0 Å². The van der Waals surface area contributed by atoms with Gasteiger partial charge in [-0.1, -0.05) is 23.7 Å². The van der Waals surface area contributed by atoms with Crippen molar-refractivity contribution in [2.45, 2.75) is 32.4 Å². The number of piperazine rings is 1. The monoisotopic (exact) mass is 296 g/mol. The first kappa shape index (κ1) is 15.1. The molecule has 5 heteroatoms. The van der Waals surface area contributed by atoms with E-state index in [-0.39, 0.29) is 12.1 Å². The smallest absolute Gasteiger partial charge is 0.410 e. The Hall–Kier alpha value is -1.26. The van der Waals surface area contributed by atoms with Crippen molar-refractivity contribution in [2.75, 3.05) is 19.6 Å². The van der Waals surface area contributed by atoms with Gasteiger partial charge >= 0.3 is 6.09 Å². The van der Waals surface area contributed by atoms with Crippen molar-refractivity contribution in [3.63, 3.8) is 0 Å². The lowest BCUT2D eigenvalue weighted by Crippen LogP contribution is -2.50. The third kappa shape index (κ3) is 3.87. The standard InChI is InChI=1S/C15H21ClN2O2/c1-15(2,3)20-14(19)18-9-8-17-10-13(18)11-4-6-12(16)7-5-11/h4-7,13,17H,8-10H2,1-3H3. The lowest BCUT2D eigenvalue weighted by Gasteiger charge is -2.37. The Balaban J connectivity index is 2.16. The maximum Gasteiger partial charge on any atom is 0.410 e. The lowest BCUT2D eigenvalue weighted by atomic mass is 10.0. The summed E-state index contributed by atoms with van der Waals surface area (Å²) in [6.45, 7) is 7.78. The number of amides is 1. The molecule has 110 valence electrons. The van der Waals surface area contributed by atoms with Crippen LogP contribution in [0, 0.1) is 0 Å². The molecule has 0 spiro atoms. The molecule has 1 fully saturated rings. The van der Waals surface area contributed by atoms with Gasteiger partial charge in [0.1, 0.15) is 5.60 Å². The van der Waals surface area contributed by atoms with Crippen molar-refractivity contribution in [2.24, 2.45) is 0 Å². The summed E-state index contributed by atoms with van der Waals surface area (Å²) < 4.78 is 5.49. The third-order valence-corrected chi connectivity index (χ3v) is 3.38. The summed E-state index contributed by atoms with van der Waals surface area (Å²) >= 11 is 5.92. The lowest BCUT2D eigenvalue weighted by molar-refractivity contribution is 0.0118. The van der Waals surface area contributed by atoms with Crippen LogP contribution >= 0.6 is 11.6 Å². The van der Waals surface area contributed by atoms with Crippen LogP contribution < -0.4 is 5.32 Å². The summed E-state index contributed by atoms with van der Waals surface area (Å²) in [5.41, 5.74) is 0.583. The van der Waals surface area contributed by atoms with Gasteiger partial charge in [-0.2, -0.15) is 0 Å². The highest BCUT2D eigenvalue weighted by Crippen LogP contribution is 2.25. The molecule has 1 aromatic rings. The molecule has 1 aliphatic rings. The SMILES string of the molecule is CC(C)(C)OC(=O)N1CCNCC1c1ccc(Cl)cc1. The Morgan fingerprint density at radius 3 is 2.60 bits per heavy atom. The molecule has 0 aliphatic carbocycles. The number of benzene rings is 1. The minimum atomic E-state index is -0.480. The van der Waals surface area contributed by atoms with Gasteiger partial charge in [-0.15, -0.1) is 0 Å². The van der Waals surface area contributed by atoms with E-state index >= 15 is 0 Å². The van der Waals surface area contributed by atoms with Crippen LogP contribution in [-0.4, -0.2) is 36.2 Å². The van der Waals surface area contributed by atoms with Gasteiger partial charge in [0.15, 0.2) is 0 Å². The minimum Gasteiger partial charge on any atom is -0.444 e. The second-order valence-electron chi connectivity index (χ2n) is 5.95. The van der Waals surface area contributed by atoms with Gasteiger partial charge in [-0.25, -0.2) is 4.79 Å². The molecule has 0 bridgehead atoms. The van der Waals surface area contributed by atoms with E-state index in [0.717, 1.165) is 18.7 Å². The molecule has 1 atom stereocenters. The molecule has 1 N–H and O–H groups in total. The topological polar surface area (TPSA) is 41.6 Å². The molecule has 1 saturated heterocycles. The maximum absolute atomic E-state index is 12.3. The Bertz CT molecular complexity index is 468. The fraction of sp³-hybridized carbons (Fsp3) is 0.533. The van der Waals surface area contributed by atoms with Gasteiger partial charge in [0.05, 0.1) is 6.04 Å². The number of ether oxygens (including phenoxy) is 1. The predicted molar refractivity (Wildman–Crippen MR) is 80.0 cm³/mol. The fourth-order valence-electron chi connectivity index (χ4n) is 2.23. The van der Waals surface area contributed by atoms with Crippen LogP contribution in [0.2, 0.25) is 5.02 Å². The number of hydrogen-bond donors (Lipinski definition) is 1. The van der Waals surface area contributed by atoms with Crippen molar-refractivity contribution >= 4 is 17.7 Å². The first-order valence-corrected chi connectivity index (χ1v) is 7.20. The molecule has 1 aliphatic heterocycles. The Morgan fingerprint density at radius 2 is 2.00 bits per heavy atom. The van der Waals surface area contributed by atoms with Gasteiger partial charge in [-0.3, -0.25) is 4.90 Å². The van der Waals surface area contributed by atoms with Crippen LogP contribution in [0.25, 0.3) is 0 Å². The Morgan fingerprint density at radius 1 is 1.35 bits per heavy atom. The first-order chi connectivity index (χ1) is 9.37. The van der Waals surface area contributed by atoms with Crippen LogP contribution in [0.3, 0.4) is 0 Å². The molecular formula is C15H21ClN2O2. The van der Waals surface area contributed by atoms with Crippen LogP contribution in [0.15, 0.2) is 24.3 Å². The van der Waals surface area contributed by atoms with E-state index in [1.807, 2.05) is 45.0 Å². The van der Waals surface area contributed by atoms with Crippen molar-refractivity contribution in [1.82, 2.24) is 10.2 Å². The largest absolute Gasteiger partial charge is 0.444 e. The summed E-state index contributed by atoms with van der Waals surface area (Å²) in [5.74, 6) is 0. The van der Waals surface area contributed by atoms with E-state index in [1.54, 1.807) is 4.90 Å². The molecule has 2 rings (SSSR count). The molecule has 0 saturated carbocycles. The van der Waals surface area contributed by atoms with E-state index in [1.165, 1.54) is 0 Å². The molecule has 1 unspecified atom stereocenters. The van der Waals surface area contributed by atoms with Gasteiger partial charge in [0.25, 0.3) is 0 Å². The van der Waals surface area contributed by atoms with Gasteiger partial charge in [-0.05, 0) is 38.5 Å². The minimum absolute atomic E-state index is 0.0177. The third-order valence-electron chi connectivity index (χ3n) is 3.13. The van der Waals surface area contributed by atoms with Gasteiger partial charge in [0.2, 0.25) is 0 Å². The zero-order chi connectivity index (χ0) is 14.8. The number of nitrogens with one attached hydrogen (secondary N) is 1. The molecule has 1 heterocycles. The summed E-state index contributed by atoms with van der Waals surface area (Å²) in [6, 6.07) is 7.59. The van der Waals surface area contributed by atoms with E-state index < -0.39 is 5.60 Å². The Kier molecular flexibility index (Phi) is 4.55. The van der Waals surface area contributed by atoms with E-state index in [4.69, 9.17) is 16.3 Å². The maximum atomic E-state index is 12.3. The van der Waals surface area contributed by atoms with Gasteiger partial charge in [0, 0.05) is 24.7 Å². The highest BCUT2D eigenvalue weighted by molar-refractivity contribution is 6.30. The molecule has 4 nitrogen and oxygen atoms in total. The van der Waals surface area contributed by atoms with Crippen LogP contribution in [0.5, 0.6) is 0 Å². The van der Waals surface area contributed by atoms with Crippen LogP contribution in [-0.2, 0) is 4.74 Å². The summed E-state index contributed by atoms with van der Waals surface area (Å²) in [6.07, 6.45) is -0.265. The molecule has 0 aromatic heterocycles. The molecule has 20 heavy (non-hydrogen) atoms. The zero-order valence-corrected chi connectivity index (χ0v) is 12.9. The highest BCUT2D eigenvalue weighted by atomic mass is 35.5. The zero-order valence-electron chi connectivity index (χ0n) is 12.1. The van der Waals surface area contributed by atoms with Gasteiger partial charge < -0.3 is 10.1 Å². The highest BCUT2D eigenvalue weighted by Gasteiger charge is 2.31. The van der Waals surface area contributed by atoms with E-state index in [0.29, 0.717) is 11.6 Å². The summed E-state index contributed by atoms with van der Waals surface area (Å²) in [5, 5.41) is 4.01. The summed E-state index contributed by atoms with van der Waals surface area (Å²) in [4.78, 5) is 14.1. The number of halogens is 1. The number of nitrogens with zero attached hydrogens (tertiary/aromatic N) is 1. The average Bonchev–Trinajstić information content (AvgIpc) is 2.38. The molecule has 0 radical (unpaired) electrons. The normalized spacial score (nSPS) is 19.8. The number of carbonyl (C=O) groups is 1. The van der Waals surface area contributed by atoms with Crippen LogP contribution in [0.4, 0.5) is 4.79 Å². The molecule has 1 aromatic carbocycles. The van der Waals surface area contributed by atoms with Crippen molar-refractivity contribution in [1.29, 1.82) is 0 Å². The second kappa shape index (κ2) is 6.02. The predicted octanol–water partition coefficient (Wildman–Crippen LogP) is 3.22. The quantitative estimate of drug-likeness (QED) is 0.865. The number of rotatable bonds is 1. The van der Waals surface area contributed by atoms with E-state index in [9.17, 15) is 4.79 Å². The molecular weight excluding hydrogens is 276 g/mol. The Labute approximate surface area is 125 Å². The fourth-order valence-corrected chi connectivity index (χ4v) is 2.35. The molecule has 1 amide bonds. The van der Waals surface area contributed by atoms with Crippen LogP contribution in [0.1, 0.15) is 32.4 Å². The van der Waals surface area contributed by atoms with Crippen molar-refractivity contribution < 1.29 is 9.53 Å². The summed E-state index contributed by atoms with van der Waals surface area (Å²) in [7, 11) is 0. The number of carbonyl (C=O) groups excluding carboxylic acids is 1. The average molecular weight is 297 g/mol. The van der Waals surface area contributed by atoms with Crippen molar-refractivity contribution in [3.05, 3.63) is 34.9 Å². The van der Waals surface area contributed by atoms with E-state index in [2.05, 4.69) is 5.32 Å². The number of hydrogen-bond acceptors (Lipinski definition) is 3. The second-order valence-corrected chi connectivity index (χ2v) is 6.38. The first-order valence-electron chi connectivity index (χ1n) is 6.82.